The van der Waals surface area contributed by atoms with Crippen molar-refractivity contribution in [3.8, 4) is 0 Å². The van der Waals surface area contributed by atoms with Gasteiger partial charge in [-0.1, -0.05) is 6.92 Å². The lowest BCUT2D eigenvalue weighted by Gasteiger charge is -2.30. The summed E-state index contributed by atoms with van der Waals surface area (Å²) in [6.45, 7) is 6.58. The zero-order valence-corrected chi connectivity index (χ0v) is 11.4. The first-order valence-corrected chi connectivity index (χ1v) is 6.82. The van der Waals surface area contributed by atoms with Crippen molar-refractivity contribution in [1.82, 2.24) is 10.2 Å². The second-order valence-corrected chi connectivity index (χ2v) is 4.83. The lowest BCUT2D eigenvalue weighted by molar-refractivity contribution is -0.143. The first-order valence-electron chi connectivity index (χ1n) is 6.82. The Labute approximate surface area is 109 Å². The van der Waals surface area contributed by atoms with Crippen LogP contribution in [0.5, 0.6) is 0 Å². The maximum atomic E-state index is 11.8. The second-order valence-electron chi connectivity index (χ2n) is 4.83. The number of nitrogens with one attached hydrogen (secondary N) is 1. The van der Waals surface area contributed by atoms with Crippen LogP contribution >= 0.6 is 0 Å². The molecule has 0 aromatic heterocycles. The maximum Gasteiger partial charge on any atom is 0.317 e. The minimum atomic E-state index is -0.196. The Morgan fingerprint density at radius 2 is 2.22 bits per heavy atom. The van der Waals surface area contributed by atoms with E-state index in [1.165, 1.54) is 6.42 Å². The predicted molar refractivity (Wildman–Crippen MR) is 69.2 cm³/mol. The van der Waals surface area contributed by atoms with Gasteiger partial charge in [-0.2, -0.15) is 0 Å². The standard InChI is InChI=1S/C13H24N2O3/c1-3-18-12(16)7-4-8-14-13(17)15-9-5-6-11(2)10-15/h11H,3-10H2,1-2H3,(H,14,17). The Morgan fingerprint density at radius 1 is 1.44 bits per heavy atom. The normalized spacial score (nSPS) is 19.4. The van der Waals surface area contributed by atoms with Gasteiger partial charge in [-0.15, -0.1) is 0 Å². The number of rotatable bonds is 5. The summed E-state index contributed by atoms with van der Waals surface area (Å²) >= 11 is 0. The smallest absolute Gasteiger partial charge is 0.317 e. The highest BCUT2D eigenvalue weighted by atomic mass is 16.5. The molecule has 1 atom stereocenters. The van der Waals surface area contributed by atoms with Crippen molar-refractivity contribution in [1.29, 1.82) is 0 Å². The highest BCUT2D eigenvalue weighted by Gasteiger charge is 2.20. The van der Waals surface area contributed by atoms with Crippen LogP contribution < -0.4 is 5.32 Å². The number of hydrogen-bond acceptors (Lipinski definition) is 3. The molecule has 5 nitrogen and oxygen atoms in total. The predicted octanol–water partition coefficient (Wildman–Crippen LogP) is 1.77. The molecule has 1 unspecified atom stereocenters. The van der Waals surface area contributed by atoms with Gasteiger partial charge in [0.05, 0.1) is 6.61 Å². The van der Waals surface area contributed by atoms with Crippen LogP contribution in [0.1, 0.15) is 39.5 Å². The molecule has 1 N–H and O–H groups in total. The molecule has 2 amide bonds. The van der Waals surface area contributed by atoms with E-state index in [-0.39, 0.29) is 12.0 Å². The fourth-order valence-electron chi connectivity index (χ4n) is 2.15. The van der Waals surface area contributed by atoms with Gasteiger partial charge in [-0.05, 0) is 32.1 Å². The van der Waals surface area contributed by atoms with Gasteiger partial charge in [-0.25, -0.2) is 4.79 Å². The molecule has 1 aliphatic heterocycles. The molecule has 5 heteroatoms. The van der Waals surface area contributed by atoms with Crippen molar-refractivity contribution in [2.45, 2.75) is 39.5 Å². The van der Waals surface area contributed by atoms with Crippen molar-refractivity contribution < 1.29 is 14.3 Å². The van der Waals surface area contributed by atoms with Crippen LogP contribution in [-0.4, -0.2) is 43.1 Å². The number of urea groups is 1. The Balaban J connectivity index is 2.11. The fraction of sp³-hybridized carbons (Fsp3) is 0.846. The van der Waals surface area contributed by atoms with E-state index in [0.717, 1.165) is 19.5 Å². The van der Waals surface area contributed by atoms with E-state index in [1.54, 1.807) is 6.92 Å². The van der Waals surface area contributed by atoms with E-state index in [9.17, 15) is 9.59 Å². The summed E-state index contributed by atoms with van der Waals surface area (Å²) in [7, 11) is 0. The molecular formula is C13H24N2O3. The van der Waals surface area contributed by atoms with Crippen LogP contribution in [0.2, 0.25) is 0 Å². The molecule has 18 heavy (non-hydrogen) atoms. The second kappa shape index (κ2) is 7.95. The monoisotopic (exact) mass is 256 g/mol. The van der Waals surface area contributed by atoms with Crippen LogP contribution in [0.4, 0.5) is 4.79 Å². The van der Waals surface area contributed by atoms with Gasteiger partial charge in [0.15, 0.2) is 0 Å². The lowest BCUT2D eigenvalue weighted by Crippen LogP contribution is -2.45. The molecule has 0 saturated carbocycles. The zero-order chi connectivity index (χ0) is 13.4. The van der Waals surface area contributed by atoms with E-state index in [1.807, 2.05) is 4.90 Å². The van der Waals surface area contributed by atoms with E-state index in [0.29, 0.717) is 31.9 Å². The van der Waals surface area contributed by atoms with E-state index in [2.05, 4.69) is 12.2 Å². The van der Waals surface area contributed by atoms with Crippen molar-refractivity contribution >= 4 is 12.0 Å². The molecule has 1 rings (SSSR count). The van der Waals surface area contributed by atoms with Crippen molar-refractivity contribution in [2.75, 3.05) is 26.2 Å². The third-order valence-electron chi connectivity index (χ3n) is 3.08. The molecule has 1 heterocycles. The van der Waals surface area contributed by atoms with E-state index < -0.39 is 0 Å². The van der Waals surface area contributed by atoms with Gasteiger partial charge < -0.3 is 15.0 Å². The molecule has 0 radical (unpaired) electrons. The highest BCUT2D eigenvalue weighted by molar-refractivity contribution is 5.74. The SMILES string of the molecule is CCOC(=O)CCCNC(=O)N1CCCC(C)C1. The van der Waals surface area contributed by atoms with Gasteiger partial charge in [-0.3, -0.25) is 4.79 Å². The molecular weight excluding hydrogens is 232 g/mol. The van der Waals surface area contributed by atoms with Gasteiger partial charge in [0.2, 0.25) is 0 Å². The average molecular weight is 256 g/mol. The number of ether oxygens (including phenoxy) is 1. The van der Waals surface area contributed by atoms with Gasteiger partial charge in [0.1, 0.15) is 0 Å². The fourth-order valence-corrected chi connectivity index (χ4v) is 2.15. The van der Waals surface area contributed by atoms with E-state index >= 15 is 0 Å². The summed E-state index contributed by atoms with van der Waals surface area (Å²) in [5, 5.41) is 2.85. The molecule has 0 aliphatic carbocycles. The number of carbonyl (C=O) groups excluding carboxylic acids is 2. The number of amides is 2. The zero-order valence-electron chi connectivity index (χ0n) is 11.4. The van der Waals surface area contributed by atoms with Gasteiger partial charge in [0.25, 0.3) is 0 Å². The maximum absolute atomic E-state index is 11.8. The van der Waals surface area contributed by atoms with Crippen LogP contribution in [0, 0.1) is 5.92 Å². The quantitative estimate of drug-likeness (QED) is 0.602. The Kier molecular flexibility index (Phi) is 6.54. The van der Waals surface area contributed by atoms with Crippen molar-refractivity contribution in [2.24, 2.45) is 5.92 Å². The third kappa shape index (κ3) is 5.38. The number of nitrogens with zero attached hydrogens (tertiary/aromatic N) is 1. The van der Waals surface area contributed by atoms with Gasteiger partial charge in [0, 0.05) is 26.1 Å². The van der Waals surface area contributed by atoms with Crippen LogP contribution in [-0.2, 0) is 9.53 Å². The molecule has 0 aromatic carbocycles. The van der Waals surface area contributed by atoms with E-state index in [4.69, 9.17) is 4.74 Å². The molecule has 0 spiro atoms. The average Bonchev–Trinajstić information content (AvgIpc) is 2.35. The minimum Gasteiger partial charge on any atom is -0.466 e. The number of piperidine rings is 1. The third-order valence-corrected chi connectivity index (χ3v) is 3.08. The van der Waals surface area contributed by atoms with Gasteiger partial charge >= 0.3 is 12.0 Å². The summed E-state index contributed by atoms with van der Waals surface area (Å²) in [6, 6.07) is -0.00888. The van der Waals surface area contributed by atoms with Crippen LogP contribution in [0.3, 0.4) is 0 Å². The summed E-state index contributed by atoms with van der Waals surface area (Å²) in [6.07, 6.45) is 3.28. The molecule has 1 saturated heterocycles. The Morgan fingerprint density at radius 3 is 2.89 bits per heavy atom. The number of carbonyl (C=O) groups is 2. The molecule has 0 aromatic rings. The first kappa shape index (κ1) is 14.8. The van der Waals surface area contributed by atoms with Crippen LogP contribution in [0.25, 0.3) is 0 Å². The van der Waals surface area contributed by atoms with Crippen molar-refractivity contribution in [3.63, 3.8) is 0 Å². The number of esters is 1. The summed E-state index contributed by atoms with van der Waals surface area (Å²) in [5.74, 6) is 0.391. The first-order chi connectivity index (χ1) is 8.63. The molecule has 104 valence electrons. The minimum absolute atomic E-state index is 0.00888. The molecule has 1 fully saturated rings. The largest absolute Gasteiger partial charge is 0.466 e. The Hall–Kier alpha value is -1.26. The van der Waals surface area contributed by atoms with Crippen molar-refractivity contribution in [3.05, 3.63) is 0 Å². The Bertz CT molecular complexity index is 281. The summed E-state index contributed by atoms with van der Waals surface area (Å²) in [4.78, 5) is 24.8. The topological polar surface area (TPSA) is 58.6 Å². The molecule has 0 bridgehead atoms. The number of likely N-dealkylation sites (tertiary alicyclic amines) is 1. The summed E-state index contributed by atoms with van der Waals surface area (Å²) < 4.78 is 4.82. The van der Waals surface area contributed by atoms with Crippen LogP contribution in [0.15, 0.2) is 0 Å². The number of hydrogen-bond donors (Lipinski definition) is 1. The summed E-state index contributed by atoms with van der Waals surface area (Å²) in [5.41, 5.74) is 0. The highest BCUT2D eigenvalue weighted by Crippen LogP contribution is 2.15. The lowest BCUT2D eigenvalue weighted by atomic mass is 10.0. The molecule has 1 aliphatic rings.